The van der Waals surface area contributed by atoms with Gasteiger partial charge in [-0.1, -0.05) is 49.3 Å². The number of hydrogen-bond acceptors (Lipinski definition) is 3. The van der Waals surface area contributed by atoms with E-state index in [-0.39, 0.29) is 17.2 Å². The van der Waals surface area contributed by atoms with Crippen molar-refractivity contribution in [3.8, 4) is 0 Å². The summed E-state index contributed by atoms with van der Waals surface area (Å²) in [6.45, 7) is 5.75. The number of carbonyl (C=O) groups is 1. The van der Waals surface area contributed by atoms with Crippen molar-refractivity contribution in [1.29, 1.82) is 0 Å². The van der Waals surface area contributed by atoms with E-state index < -0.39 is 5.92 Å². The number of hydrogen-bond donors (Lipinski definition) is 2. The molecular formula is C16H23N3O2. The standard InChI is InChI=1S/C16H23N3O2/c1-16(2)8-9-19(11-16)15(20)13(14(17)18-21)10-12-6-4-3-5-7-12/h3-7,13,21H,8-11H2,1-2H3,(H2,17,18). The number of amides is 1. The van der Waals surface area contributed by atoms with Gasteiger partial charge in [0.1, 0.15) is 5.92 Å². The Morgan fingerprint density at radius 3 is 2.62 bits per heavy atom. The summed E-state index contributed by atoms with van der Waals surface area (Å²) in [5.74, 6) is -0.681. The van der Waals surface area contributed by atoms with Gasteiger partial charge in [-0.05, 0) is 23.8 Å². The van der Waals surface area contributed by atoms with Crippen LogP contribution in [0.25, 0.3) is 0 Å². The third-order valence-corrected chi connectivity index (χ3v) is 4.04. The maximum atomic E-state index is 12.7. The van der Waals surface area contributed by atoms with Crippen molar-refractivity contribution in [3.05, 3.63) is 35.9 Å². The van der Waals surface area contributed by atoms with Crippen molar-refractivity contribution >= 4 is 11.7 Å². The molecule has 5 nitrogen and oxygen atoms in total. The lowest BCUT2D eigenvalue weighted by molar-refractivity contribution is -0.132. The lowest BCUT2D eigenvalue weighted by Gasteiger charge is -2.24. The molecule has 1 aromatic carbocycles. The van der Waals surface area contributed by atoms with E-state index in [2.05, 4.69) is 19.0 Å². The first-order valence-corrected chi connectivity index (χ1v) is 7.23. The van der Waals surface area contributed by atoms with E-state index >= 15 is 0 Å². The first-order valence-electron chi connectivity index (χ1n) is 7.23. The molecule has 3 N–H and O–H groups in total. The van der Waals surface area contributed by atoms with Crippen molar-refractivity contribution in [2.45, 2.75) is 26.7 Å². The maximum absolute atomic E-state index is 12.7. The molecule has 21 heavy (non-hydrogen) atoms. The summed E-state index contributed by atoms with van der Waals surface area (Å²) in [5, 5.41) is 12.0. The average Bonchev–Trinajstić information content (AvgIpc) is 2.84. The van der Waals surface area contributed by atoms with Gasteiger partial charge in [0, 0.05) is 13.1 Å². The molecule has 1 aromatic rings. The molecule has 1 saturated heterocycles. The van der Waals surface area contributed by atoms with Crippen LogP contribution in [0.2, 0.25) is 0 Å². The Morgan fingerprint density at radius 2 is 2.10 bits per heavy atom. The zero-order valence-corrected chi connectivity index (χ0v) is 12.6. The second kappa shape index (κ2) is 6.16. The molecule has 1 heterocycles. The van der Waals surface area contributed by atoms with Crippen molar-refractivity contribution < 1.29 is 10.0 Å². The molecule has 0 aliphatic carbocycles. The molecule has 0 spiro atoms. The third-order valence-electron chi connectivity index (χ3n) is 4.04. The Hall–Kier alpha value is -2.04. The highest BCUT2D eigenvalue weighted by atomic mass is 16.4. The van der Waals surface area contributed by atoms with Gasteiger partial charge >= 0.3 is 0 Å². The number of oxime groups is 1. The van der Waals surface area contributed by atoms with Crippen molar-refractivity contribution in [2.75, 3.05) is 13.1 Å². The largest absolute Gasteiger partial charge is 0.409 e. The molecule has 0 saturated carbocycles. The summed E-state index contributed by atoms with van der Waals surface area (Å²) >= 11 is 0. The van der Waals surface area contributed by atoms with Crippen molar-refractivity contribution in [3.63, 3.8) is 0 Å². The molecule has 0 bridgehead atoms. The summed E-state index contributed by atoms with van der Waals surface area (Å²) in [6, 6.07) is 9.65. The average molecular weight is 289 g/mol. The summed E-state index contributed by atoms with van der Waals surface area (Å²) in [5.41, 5.74) is 6.89. The Bertz CT molecular complexity index is 526. The number of carbonyl (C=O) groups excluding carboxylic acids is 1. The number of amidine groups is 1. The number of nitrogens with two attached hydrogens (primary N) is 1. The van der Waals surface area contributed by atoms with E-state index in [1.54, 1.807) is 0 Å². The third kappa shape index (κ3) is 3.74. The van der Waals surface area contributed by atoms with Crippen LogP contribution in [0, 0.1) is 11.3 Å². The minimum absolute atomic E-state index is 0.0199. The van der Waals surface area contributed by atoms with Gasteiger partial charge in [0.25, 0.3) is 0 Å². The Balaban J connectivity index is 2.15. The summed E-state index contributed by atoms with van der Waals surface area (Å²) in [6.07, 6.45) is 1.43. The molecule has 5 heteroatoms. The number of benzene rings is 1. The fourth-order valence-electron chi connectivity index (χ4n) is 2.76. The Morgan fingerprint density at radius 1 is 1.43 bits per heavy atom. The van der Waals surface area contributed by atoms with Crippen molar-refractivity contribution in [1.82, 2.24) is 4.90 Å². The van der Waals surface area contributed by atoms with E-state index in [1.165, 1.54) is 0 Å². The van der Waals surface area contributed by atoms with Gasteiger partial charge in [-0.2, -0.15) is 0 Å². The molecule has 1 fully saturated rings. The fraction of sp³-hybridized carbons (Fsp3) is 0.500. The van der Waals surface area contributed by atoms with Gasteiger partial charge in [0.15, 0.2) is 5.84 Å². The topological polar surface area (TPSA) is 78.9 Å². The van der Waals surface area contributed by atoms with Crippen LogP contribution in [-0.4, -0.2) is 34.9 Å². The second-order valence-corrected chi connectivity index (χ2v) is 6.44. The molecule has 0 radical (unpaired) electrons. The van der Waals surface area contributed by atoms with Crippen LogP contribution in [-0.2, 0) is 11.2 Å². The van der Waals surface area contributed by atoms with E-state index in [1.807, 2.05) is 35.2 Å². The van der Waals surface area contributed by atoms with Gasteiger partial charge in [0.2, 0.25) is 5.91 Å². The number of rotatable bonds is 4. The van der Waals surface area contributed by atoms with E-state index in [0.717, 1.165) is 25.1 Å². The van der Waals surface area contributed by atoms with Gasteiger partial charge < -0.3 is 15.8 Å². The van der Waals surface area contributed by atoms with Gasteiger partial charge in [0.05, 0.1) is 0 Å². The van der Waals surface area contributed by atoms with E-state index in [4.69, 9.17) is 10.9 Å². The van der Waals surface area contributed by atoms with Crippen LogP contribution in [0.3, 0.4) is 0 Å². The second-order valence-electron chi connectivity index (χ2n) is 6.44. The Labute approximate surface area is 125 Å². The summed E-state index contributed by atoms with van der Waals surface area (Å²) < 4.78 is 0. The van der Waals surface area contributed by atoms with Crippen LogP contribution in [0.1, 0.15) is 25.8 Å². The lowest BCUT2D eigenvalue weighted by atomic mass is 9.93. The highest BCUT2D eigenvalue weighted by Gasteiger charge is 2.36. The predicted molar refractivity (Wildman–Crippen MR) is 82.0 cm³/mol. The van der Waals surface area contributed by atoms with Crippen LogP contribution >= 0.6 is 0 Å². The zero-order chi connectivity index (χ0) is 15.5. The molecule has 1 aliphatic rings. The first kappa shape index (κ1) is 15.4. The molecule has 114 valence electrons. The number of nitrogens with zero attached hydrogens (tertiary/aromatic N) is 2. The van der Waals surface area contributed by atoms with Gasteiger partial charge in [-0.25, -0.2) is 0 Å². The quantitative estimate of drug-likeness (QED) is 0.384. The molecule has 1 unspecified atom stereocenters. The summed E-state index contributed by atoms with van der Waals surface area (Å²) in [7, 11) is 0. The van der Waals surface area contributed by atoms with Crippen LogP contribution in [0.4, 0.5) is 0 Å². The Kier molecular flexibility index (Phi) is 4.50. The van der Waals surface area contributed by atoms with Crippen LogP contribution in [0.15, 0.2) is 35.5 Å². The first-order chi connectivity index (χ1) is 9.93. The van der Waals surface area contributed by atoms with Crippen molar-refractivity contribution in [2.24, 2.45) is 22.2 Å². The molecule has 0 aromatic heterocycles. The monoisotopic (exact) mass is 289 g/mol. The van der Waals surface area contributed by atoms with E-state index in [0.29, 0.717) is 6.42 Å². The van der Waals surface area contributed by atoms with Crippen LogP contribution < -0.4 is 5.73 Å². The predicted octanol–water partition coefficient (Wildman–Crippen LogP) is 1.85. The molecule has 1 atom stereocenters. The van der Waals surface area contributed by atoms with Gasteiger partial charge in [-0.15, -0.1) is 0 Å². The highest BCUT2D eigenvalue weighted by molar-refractivity contribution is 6.02. The molecule has 2 rings (SSSR count). The SMILES string of the molecule is CC1(C)CCN(C(=O)C(Cc2ccccc2)/C(N)=N/O)C1. The maximum Gasteiger partial charge on any atom is 0.233 e. The lowest BCUT2D eigenvalue weighted by Crippen LogP contribution is -2.42. The molecule has 1 amide bonds. The number of likely N-dealkylation sites (tertiary alicyclic amines) is 1. The van der Waals surface area contributed by atoms with E-state index in [9.17, 15) is 4.79 Å². The van der Waals surface area contributed by atoms with Crippen LogP contribution in [0.5, 0.6) is 0 Å². The smallest absolute Gasteiger partial charge is 0.233 e. The normalized spacial score (nSPS) is 19.5. The zero-order valence-electron chi connectivity index (χ0n) is 12.6. The summed E-state index contributed by atoms with van der Waals surface area (Å²) in [4.78, 5) is 14.5. The molecule has 1 aliphatic heterocycles. The fourth-order valence-corrected chi connectivity index (χ4v) is 2.76. The van der Waals surface area contributed by atoms with Gasteiger partial charge in [-0.3, -0.25) is 4.79 Å². The minimum Gasteiger partial charge on any atom is -0.409 e. The minimum atomic E-state index is -0.605. The highest BCUT2D eigenvalue weighted by Crippen LogP contribution is 2.30. The molecular weight excluding hydrogens is 266 g/mol.